The lowest BCUT2D eigenvalue weighted by molar-refractivity contribution is -0.276. The van der Waals surface area contributed by atoms with E-state index in [1.165, 1.54) is 0 Å². The molecule has 59 valence electrons. The molecule has 0 atom stereocenters. The van der Waals surface area contributed by atoms with Gasteiger partial charge in [-0.3, -0.25) is 0 Å². The normalized spacial score (nSPS) is 11.2. The number of rotatable bonds is 1. The van der Waals surface area contributed by atoms with E-state index in [2.05, 4.69) is 20.9 Å². The van der Waals surface area contributed by atoms with Crippen molar-refractivity contribution in [2.75, 3.05) is 0 Å². The Hall–Kier alpha value is -1.33. The number of aromatic nitrogens is 2. The Morgan fingerprint density at radius 2 is 2.18 bits per heavy atom. The van der Waals surface area contributed by atoms with Gasteiger partial charge in [0.15, 0.2) is 0 Å². The van der Waals surface area contributed by atoms with Gasteiger partial charge in [-0.2, -0.15) is 0 Å². The fraction of sp³-hybridized carbons (Fsp3) is 0.200. The smallest absolute Gasteiger partial charge is 0.388 e. The van der Waals surface area contributed by atoms with Crippen molar-refractivity contribution < 1.29 is 17.9 Å². The lowest BCUT2D eigenvalue weighted by Gasteiger charge is -2.05. The molecule has 1 aromatic rings. The Morgan fingerprint density at radius 3 is 2.64 bits per heavy atom. The fourth-order valence-corrected chi connectivity index (χ4v) is 0.423. The molecule has 0 spiro atoms. The van der Waals surface area contributed by atoms with Crippen molar-refractivity contribution in [2.45, 2.75) is 6.36 Å². The molecule has 0 fully saturated rings. The molecule has 0 bridgehead atoms. The third-order valence-electron chi connectivity index (χ3n) is 0.726. The van der Waals surface area contributed by atoms with E-state index >= 15 is 0 Å². The van der Waals surface area contributed by atoms with E-state index in [0.717, 1.165) is 12.4 Å². The minimum atomic E-state index is -4.71. The molecule has 6 heteroatoms. The van der Waals surface area contributed by atoms with Gasteiger partial charge >= 0.3 is 6.36 Å². The van der Waals surface area contributed by atoms with Gasteiger partial charge in [-0.15, -0.1) is 13.2 Å². The van der Waals surface area contributed by atoms with Crippen LogP contribution in [0.5, 0.6) is 5.88 Å². The van der Waals surface area contributed by atoms with Gasteiger partial charge in [-0.05, 0) is 0 Å². The monoisotopic (exact) mass is 163 g/mol. The van der Waals surface area contributed by atoms with E-state index in [1.807, 2.05) is 0 Å². The number of ether oxygens (including phenoxy) is 1. The van der Waals surface area contributed by atoms with E-state index in [9.17, 15) is 13.2 Å². The summed E-state index contributed by atoms with van der Waals surface area (Å²) in [6, 6.07) is 0.896. The first-order chi connectivity index (χ1) is 5.08. The second-order valence-electron chi connectivity index (χ2n) is 1.53. The average Bonchev–Trinajstić information content (AvgIpc) is 1.85. The highest BCUT2D eigenvalue weighted by atomic mass is 19.4. The van der Waals surface area contributed by atoms with Crippen molar-refractivity contribution >= 4 is 0 Å². The van der Waals surface area contributed by atoms with Crippen LogP contribution in [0.25, 0.3) is 0 Å². The highest BCUT2D eigenvalue weighted by Crippen LogP contribution is 2.18. The molecular weight excluding hydrogens is 161 g/mol. The molecule has 1 radical (unpaired) electrons. The van der Waals surface area contributed by atoms with Gasteiger partial charge in [-0.1, -0.05) is 0 Å². The first-order valence-electron chi connectivity index (χ1n) is 2.52. The zero-order chi connectivity index (χ0) is 8.32. The maximum absolute atomic E-state index is 11.4. The number of halogens is 3. The SMILES string of the molecule is FC(F)(F)Oc1c[c]ncn1. The zero-order valence-corrected chi connectivity index (χ0v) is 5.09. The van der Waals surface area contributed by atoms with Crippen molar-refractivity contribution in [1.29, 1.82) is 0 Å². The summed E-state index contributed by atoms with van der Waals surface area (Å²) in [5.41, 5.74) is 0. The molecule has 0 aromatic carbocycles. The molecule has 1 rings (SSSR count). The predicted octanol–water partition coefficient (Wildman–Crippen LogP) is 1.18. The van der Waals surface area contributed by atoms with E-state index in [1.54, 1.807) is 0 Å². The van der Waals surface area contributed by atoms with Crippen LogP contribution in [0.1, 0.15) is 0 Å². The van der Waals surface area contributed by atoms with E-state index in [4.69, 9.17) is 0 Å². The van der Waals surface area contributed by atoms with Crippen LogP contribution in [-0.4, -0.2) is 16.3 Å². The standard InChI is InChI=1S/C5H2F3N2O/c6-5(7,8)11-4-1-2-9-3-10-4/h1,3H. The highest BCUT2D eigenvalue weighted by Gasteiger charge is 2.31. The average molecular weight is 163 g/mol. The maximum Gasteiger partial charge on any atom is 0.574 e. The summed E-state index contributed by atoms with van der Waals surface area (Å²) in [6.07, 6.45) is -1.64. The second-order valence-corrected chi connectivity index (χ2v) is 1.53. The van der Waals surface area contributed by atoms with Crippen molar-refractivity contribution in [2.24, 2.45) is 0 Å². The Kier molecular flexibility index (Phi) is 1.93. The largest absolute Gasteiger partial charge is 0.574 e. The summed E-state index contributed by atoms with van der Waals surface area (Å²) >= 11 is 0. The van der Waals surface area contributed by atoms with Gasteiger partial charge in [0.2, 0.25) is 5.88 Å². The van der Waals surface area contributed by atoms with Crippen LogP contribution in [0.15, 0.2) is 12.4 Å². The molecule has 0 aliphatic carbocycles. The third kappa shape index (κ3) is 2.83. The Bertz CT molecular complexity index is 223. The number of hydrogen-bond donors (Lipinski definition) is 0. The van der Waals surface area contributed by atoms with Crippen molar-refractivity contribution in [3.8, 4) is 5.88 Å². The molecule has 0 saturated carbocycles. The van der Waals surface area contributed by atoms with E-state index < -0.39 is 12.2 Å². The summed E-state index contributed by atoms with van der Waals surface area (Å²) in [7, 11) is 0. The maximum atomic E-state index is 11.4. The van der Waals surface area contributed by atoms with Gasteiger partial charge in [0.05, 0.1) is 6.20 Å². The third-order valence-corrected chi connectivity index (χ3v) is 0.726. The van der Waals surface area contributed by atoms with Crippen molar-refractivity contribution in [3.63, 3.8) is 0 Å². The van der Waals surface area contributed by atoms with Crippen LogP contribution >= 0.6 is 0 Å². The molecule has 0 saturated heterocycles. The van der Waals surface area contributed by atoms with Gasteiger partial charge < -0.3 is 4.74 Å². The van der Waals surface area contributed by atoms with Gasteiger partial charge in [0, 0.05) is 6.07 Å². The summed E-state index contributed by atoms with van der Waals surface area (Å²) < 4.78 is 37.8. The highest BCUT2D eigenvalue weighted by molar-refractivity contribution is 5.03. The molecule has 1 heterocycles. The van der Waals surface area contributed by atoms with E-state index in [0.29, 0.717) is 0 Å². The van der Waals surface area contributed by atoms with Crippen molar-refractivity contribution in [3.05, 3.63) is 18.6 Å². The Labute approximate surface area is 59.8 Å². The van der Waals surface area contributed by atoms with Crippen LogP contribution < -0.4 is 4.74 Å². The first kappa shape index (κ1) is 7.77. The van der Waals surface area contributed by atoms with Crippen molar-refractivity contribution in [1.82, 2.24) is 9.97 Å². The first-order valence-corrected chi connectivity index (χ1v) is 2.52. The van der Waals surface area contributed by atoms with Crippen LogP contribution in [0, 0.1) is 6.20 Å². The molecule has 0 unspecified atom stereocenters. The van der Waals surface area contributed by atoms with Gasteiger partial charge in [-0.25, -0.2) is 9.97 Å². The molecular formula is C5H2F3N2O. The molecule has 3 nitrogen and oxygen atoms in total. The minimum absolute atomic E-state index is 0.562. The summed E-state index contributed by atoms with van der Waals surface area (Å²) in [6.45, 7) is 0. The van der Waals surface area contributed by atoms with Gasteiger partial charge in [0.1, 0.15) is 6.33 Å². The number of alkyl halides is 3. The van der Waals surface area contributed by atoms with Gasteiger partial charge in [0.25, 0.3) is 0 Å². The van der Waals surface area contributed by atoms with Crippen LogP contribution in [-0.2, 0) is 0 Å². The van der Waals surface area contributed by atoms with Crippen LogP contribution in [0.2, 0.25) is 0 Å². The number of hydrogen-bond acceptors (Lipinski definition) is 3. The molecule has 11 heavy (non-hydrogen) atoms. The van der Waals surface area contributed by atoms with E-state index in [-0.39, 0.29) is 0 Å². The van der Waals surface area contributed by atoms with Crippen LogP contribution in [0.4, 0.5) is 13.2 Å². The summed E-state index contributed by atoms with van der Waals surface area (Å²) in [4.78, 5) is 6.47. The summed E-state index contributed by atoms with van der Waals surface area (Å²) in [5.74, 6) is -0.562. The molecule has 0 amide bonds. The fourth-order valence-electron chi connectivity index (χ4n) is 0.423. The lowest BCUT2D eigenvalue weighted by Crippen LogP contribution is -2.17. The molecule has 0 aliphatic rings. The Morgan fingerprint density at radius 1 is 1.45 bits per heavy atom. The minimum Gasteiger partial charge on any atom is -0.388 e. The lowest BCUT2D eigenvalue weighted by atomic mass is 10.6. The predicted molar refractivity (Wildman–Crippen MR) is 27.6 cm³/mol. The second kappa shape index (κ2) is 2.73. The summed E-state index contributed by atoms with van der Waals surface area (Å²) in [5, 5.41) is 0. The molecule has 0 N–H and O–H groups in total. The topological polar surface area (TPSA) is 35.0 Å². The Balaban J connectivity index is 2.66. The molecule has 1 aromatic heterocycles. The molecule has 0 aliphatic heterocycles. The zero-order valence-electron chi connectivity index (χ0n) is 5.09. The number of nitrogens with zero attached hydrogens (tertiary/aromatic N) is 2. The quantitative estimate of drug-likeness (QED) is 0.623. The van der Waals surface area contributed by atoms with Crippen LogP contribution in [0.3, 0.4) is 0 Å².